The number of benzene rings is 1. The first-order valence-electron chi connectivity index (χ1n) is 10.2. The zero-order chi connectivity index (χ0) is 21.6. The lowest BCUT2D eigenvalue weighted by Gasteiger charge is -2.37. The third-order valence-electron chi connectivity index (χ3n) is 5.55. The number of carbonyl (C=O) groups is 3. The molecular weight excluding hydrogens is 420 g/mol. The Morgan fingerprint density at radius 2 is 1.93 bits per heavy atom. The van der Waals surface area contributed by atoms with E-state index in [9.17, 15) is 14.4 Å². The molecule has 0 aliphatic heterocycles. The number of methoxy groups -OCH3 is 1. The van der Waals surface area contributed by atoms with Crippen molar-refractivity contribution >= 4 is 51.0 Å². The van der Waals surface area contributed by atoms with Gasteiger partial charge in [-0.3, -0.25) is 9.59 Å². The van der Waals surface area contributed by atoms with Crippen molar-refractivity contribution in [2.45, 2.75) is 50.1 Å². The molecule has 162 valence electrons. The van der Waals surface area contributed by atoms with Crippen LogP contribution in [-0.2, 0) is 14.3 Å². The minimum atomic E-state index is -1.00. The lowest BCUT2D eigenvalue weighted by molar-refractivity contribution is -0.146. The second kappa shape index (κ2) is 10.3. The molecule has 2 aromatic rings. The van der Waals surface area contributed by atoms with Gasteiger partial charge in [0.05, 0.1) is 12.0 Å². The van der Waals surface area contributed by atoms with E-state index < -0.39 is 17.6 Å². The Morgan fingerprint density at radius 3 is 2.60 bits per heavy atom. The quantitative estimate of drug-likeness (QED) is 0.601. The molecular formula is C22H28N2O4S2. The van der Waals surface area contributed by atoms with E-state index in [0.29, 0.717) is 24.1 Å². The van der Waals surface area contributed by atoms with Gasteiger partial charge in [0, 0.05) is 4.70 Å². The van der Waals surface area contributed by atoms with Crippen LogP contribution in [0, 0.1) is 0 Å². The van der Waals surface area contributed by atoms with E-state index in [1.165, 1.54) is 18.4 Å². The Labute approximate surface area is 185 Å². The average Bonchev–Trinajstić information content (AvgIpc) is 3.21. The first-order chi connectivity index (χ1) is 14.5. The van der Waals surface area contributed by atoms with Crippen LogP contribution < -0.4 is 10.6 Å². The van der Waals surface area contributed by atoms with Crippen molar-refractivity contribution < 1.29 is 19.1 Å². The van der Waals surface area contributed by atoms with Crippen LogP contribution >= 0.6 is 23.1 Å². The molecule has 1 saturated carbocycles. The van der Waals surface area contributed by atoms with Gasteiger partial charge in [0.2, 0.25) is 5.91 Å². The van der Waals surface area contributed by atoms with Gasteiger partial charge in [0.1, 0.15) is 11.6 Å². The van der Waals surface area contributed by atoms with Crippen molar-refractivity contribution in [2.75, 3.05) is 19.1 Å². The minimum absolute atomic E-state index is 0.244. The molecule has 1 unspecified atom stereocenters. The Hall–Kier alpha value is -2.06. The van der Waals surface area contributed by atoms with Gasteiger partial charge >= 0.3 is 5.97 Å². The maximum Gasteiger partial charge on any atom is 0.328 e. The summed E-state index contributed by atoms with van der Waals surface area (Å²) in [6, 6.07) is 8.98. The van der Waals surface area contributed by atoms with Gasteiger partial charge in [-0.25, -0.2) is 4.79 Å². The van der Waals surface area contributed by atoms with Crippen LogP contribution in [0.25, 0.3) is 10.1 Å². The minimum Gasteiger partial charge on any atom is -0.467 e. The van der Waals surface area contributed by atoms with Crippen LogP contribution in [0.3, 0.4) is 0 Å². The molecule has 1 aliphatic rings. The molecule has 0 bridgehead atoms. The van der Waals surface area contributed by atoms with Gasteiger partial charge in [-0.05, 0) is 48.8 Å². The van der Waals surface area contributed by atoms with Crippen LogP contribution in [0.1, 0.15) is 48.2 Å². The highest BCUT2D eigenvalue weighted by Gasteiger charge is 2.42. The molecule has 1 heterocycles. The van der Waals surface area contributed by atoms with E-state index in [1.807, 2.05) is 36.6 Å². The molecule has 0 saturated heterocycles. The van der Waals surface area contributed by atoms with E-state index in [4.69, 9.17) is 4.74 Å². The smallest absolute Gasteiger partial charge is 0.328 e. The Kier molecular flexibility index (Phi) is 7.77. The Bertz CT molecular complexity index is 872. The summed E-state index contributed by atoms with van der Waals surface area (Å²) in [5.41, 5.74) is -1.00. The first-order valence-corrected chi connectivity index (χ1v) is 12.4. The van der Waals surface area contributed by atoms with Crippen molar-refractivity contribution in [1.29, 1.82) is 0 Å². The largest absolute Gasteiger partial charge is 0.467 e. The number of amides is 2. The predicted octanol–water partition coefficient (Wildman–Crippen LogP) is 3.74. The van der Waals surface area contributed by atoms with E-state index in [-0.39, 0.29) is 11.8 Å². The molecule has 8 heteroatoms. The summed E-state index contributed by atoms with van der Waals surface area (Å²) in [5, 5.41) is 6.90. The van der Waals surface area contributed by atoms with Crippen LogP contribution in [0.5, 0.6) is 0 Å². The number of ether oxygens (including phenoxy) is 1. The number of hydrogen-bond donors (Lipinski definition) is 2. The summed E-state index contributed by atoms with van der Waals surface area (Å²) >= 11 is 3.02. The summed E-state index contributed by atoms with van der Waals surface area (Å²) in [4.78, 5) is 39.1. The van der Waals surface area contributed by atoms with Crippen LogP contribution in [0.4, 0.5) is 0 Å². The molecule has 30 heavy (non-hydrogen) atoms. The summed E-state index contributed by atoms with van der Waals surface area (Å²) in [5.74, 6) is -0.277. The fourth-order valence-corrected chi connectivity index (χ4v) is 5.29. The van der Waals surface area contributed by atoms with E-state index >= 15 is 0 Å². The highest BCUT2D eigenvalue weighted by molar-refractivity contribution is 7.98. The maximum atomic E-state index is 13.3. The molecule has 2 N–H and O–H groups in total. The normalized spacial score (nSPS) is 16.6. The van der Waals surface area contributed by atoms with Gasteiger partial charge in [-0.15, -0.1) is 11.3 Å². The fraction of sp³-hybridized carbons (Fsp3) is 0.500. The number of thiophene rings is 1. The maximum absolute atomic E-state index is 13.3. The summed E-state index contributed by atoms with van der Waals surface area (Å²) in [6.45, 7) is 0. The number of nitrogens with one attached hydrogen (secondary N) is 2. The second-order valence-corrected chi connectivity index (χ2v) is 9.65. The van der Waals surface area contributed by atoms with Crippen molar-refractivity contribution in [2.24, 2.45) is 0 Å². The molecule has 1 aromatic carbocycles. The molecule has 3 rings (SSSR count). The average molecular weight is 449 g/mol. The van der Waals surface area contributed by atoms with Gasteiger partial charge < -0.3 is 15.4 Å². The van der Waals surface area contributed by atoms with Crippen molar-refractivity contribution in [3.8, 4) is 0 Å². The van der Waals surface area contributed by atoms with Crippen molar-refractivity contribution in [3.05, 3.63) is 35.2 Å². The molecule has 0 radical (unpaired) electrons. The Balaban J connectivity index is 1.79. The standard InChI is InChI=1S/C22H28N2O4S2/c1-28-20(26)16(10-13-29-2)23-21(27)22(11-6-3-7-12-22)24-19(25)18-14-15-8-4-5-9-17(15)30-18/h4-5,8-9,14,16H,3,6-7,10-13H2,1-2H3,(H,23,27)(H,24,25). The topological polar surface area (TPSA) is 84.5 Å². The zero-order valence-electron chi connectivity index (χ0n) is 17.4. The highest BCUT2D eigenvalue weighted by Crippen LogP contribution is 2.31. The van der Waals surface area contributed by atoms with Gasteiger partial charge in [0.15, 0.2) is 0 Å². The van der Waals surface area contributed by atoms with Crippen molar-refractivity contribution in [1.82, 2.24) is 10.6 Å². The fourth-order valence-electron chi connectivity index (χ4n) is 3.86. The van der Waals surface area contributed by atoms with Crippen LogP contribution in [-0.4, -0.2) is 48.5 Å². The highest BCUT2D eigenvalue weighted by atomic mass is 32.2. The lowest BCUT2D eigenvalue weighted by Crippen LogP contribution is -2.62. The zero-order valence-corrected chi connectivity index (χ0v) is 19.0. The van der Waals surface area contributed by atoms with Crippen molar-refractivity contribution in [3.63, 3.8) is 0 Å². The first kappa shape index (κ1) is 22.6. The number of rotatable bonds is 8. The number of esters is 1. The van der Waals surface area contributed by atoms with E-state index in [0.717, 1.165) is 35.1 Å². The van der Waals surface area contributed by atoms with E-state index in [2.05, 4.69) is 10.6 Å². The second-order valence-electron chi connectivity index (χ2n) is 7.58. The molecule has 2 amide bonds. The monoisotopic (exact) mass is 448 g/mol. The number of thioether (sulfide) groups is 1. The number of hydrogen-bond acceptors (Lipinski definition) is 6. The van der Waals surface area contributed by atoms with E-state index in [1.54, 1.807) is 11.8 Å². The molecule has 1 fully saturated rings. The third-order valence-corrected chi connectivity index (χ3v) is 7.30. The Morgan fingerprint density at radius 1 is 1.20 bits per heavy atom. The SMILES string of the molecule is COC(=O)C(CCSC)NC(=O)C1(NC(=O)c2cc3ccccc3s2)CCCCC1. The molecule has 1 aliphatic carbocycles. The number of fused-ring (bicyclic) bond motifs is 1. The molecule has 6 nitrogen and oxygen atoms in total. The van der Waals surface area contributed by atoms with Crippen LogP contribution in [0.2, 0.25) is 0 Å². The molecule has 1 aromatic heterocycles. The predicted molar refractivity (Wildman–Crippen MR) is 122 cm³/mol. The summed E-state index contributed by atoms with van der Waals surface area (Å²) in [7, 11) is 1.32. The third kappa shape index (κ3) is 5.16. The lowest BCUT2D eigenvalue weighted by atomic mass is 9.80. The number of carbonyl (C=O) groups excluding carboxylic acids is 3. The van der Waals surface area contributed by atoms with Crippen LogP contribution in [0.15, 0.2) is 30.3 Å². The summed E-state index contributed by atoms with van der Waals surface area (Å²) < 4.78 is 5.90. The van der Waals surface area contributed by atoms with Gasteiger partial charge in [-0.2, -0.15) is 11.8 Å². The summed E-state index contributed by atoms with van der Waals surface area (Å²) in [6.07, 6.45) is 6.30. The van der Waals surface area contributed by atoms with Gasteiger partial charge in [-0.1, -0.05) is 37.5 Å². The van der Waals surface area contributed by atoms with Gasteiger partial charge in [0.25, 0.3) is 5.91 Å². The molecule has 0 spiro atoms. The molecule has 1 atom stereocenters.